The summed E-state index contributed by atoms with van der Waals surface area (Å²) >= 11 is 12.6. The second-order valence-electron chi connectivity index (χ2n) is 7.25. The summed E-state index contributed by atoms with van der Waals surface area (Å²) in [6.45, 7) is -0.212. The lowest BCUT2D eigenvalue weighted by atomic mass is 10.2. The van der Waals surface area contributed by atoms with Crippen molar-refractivity contribution in [2.45, 2.75) is 0 Å². The molecule has 12 heteroatoms. The third-order valence-corrected chi connectivity index (χ3v) is 6.05. The highest BCUT2D eigenvalue weighted by molar-refractivity contribution is 9.11. The number of nitrogens with one attached hydrogen (secondary N) is 2. The van der Waals surface area contributed by atoms with Crippen LogP contribution >= 0.6 is 43.5 Å². The molecule has 184 valence electrons. The zero-order valence-corrected chi connectivity index (χ0v) is 22.1. The van der Waals surface area contributed by atoms with Gasteiger partial charge in [-0.05, 0) is 70.5 Å². The van der Waals surface area contributed by atoms with Crippen LogP contribution in [0.3, 0.4) is 0 Å². The van der Waals surface area contributed by atoms with Gasteiger partial charge in [0.25, 0.3) is 11.8 Å². The first-order valence-electron chi connectivity index (χ1n) is 10.3. The number of rotatable bonds is 7. The van der Waals surface area contributed by atoms with Crippen molar-refractivity contribution in [2.75, 3.05) is 13.3 Å². The van der Waals surface area contributed by atoms with E-state index in [1.807, 2.05) is 0 Å². The number of carbonyl (C=O) groups is 3. The van der Waals surface area contributed by atoms with Crippen molar-refractivity contribution >= 4 is 67.5 Å². The Morgan fingerprint density at radius 3 is 2.50 bits per heavy atom. The predicted molar refractivity (Wildman–Crippen MR) is 139 cm³/mol. The van der Waals surface area contributed by atoms with Crippen LogP contribution in [0.15, 0.2) is 68.6 Å². The fourth-order valence-corrected chi connectivity index (χ4v) is 4.50. The molecule has 3 aromatic rings. The fraction of sp³-hybridized carbons (Fsp3) is 0.0833. The van der Waals surface area contributed by atoms with Crippen molar-refractivity contribution in [2.24, 2.45) is 5.10 Å². The summed E-state index contributed by atoms with van der Waals surface area (Å²) in [5.41, 5.74) is 3.35. The maximum Gasteiger partial charge on any atom is 0.343 e. The van der Waals surface area contributed by atoms with E-state index in [0.717, 1.165) is 0 Å². The number of esters is 1. The van der Waals surface area contributed by atoms with Crippen molar-refractivity contribution in [3.05, 3.63) is 85.3 Å². The van der Waals surface area contributed by atoms with Gasteiger partial charge in [-0.25, -0.2) is 10.2 Å². The molecule has 0 atom stereocenters. The Bertz CT molecular complexity index is 1360. The number of hydrogen-bond acceptors (Lipinski definition) is 7. The molecule has 2 amide bonds. The van der Waals surface area contributed by atoms with E-state index in [9.17, 15) is 14.4 Å². The molecule has 0 aromatic heterocycles. The molecule has 3 aromatic carbocycles. The predicted octanol–water partition coefficient (Wildman–Crippen LogP) is 4.69. The van der Waals surface area contributed by atoms with Crippen LogP contribution in [0.2, 0.25) is 5.02 Å². The molecule has 0 fully saturated rings. The number of ether oxygens (including phenoxy) is 3. The Labute approximate surface area is 227 Å². The van der Waals surface area contributed by atoms with E-state index in [2.05, 4.69) is 47.7 Å². The number of fused-ring (bicyclic) bond motifs is 1. The smallest absolute Gasteiger partial charge is 0.343 e. The Kier molecular flexibility index (Phi) is 8.24. The van der Waals surface area contributed by atoms with Gasteiger partial charge in [0.05, 0.1) is 22.8 Å². The Morgan fingerprint density at radius 2 is 1.72 bits per heavy atom. The first-order valence-corrected chi connectivity index (χ1v) is 12.2. The molecular formula is C24H16Br2ClN3O6. The van der Waals surface area contributed by atoms with E-state index >= 15 is 0 Å². The molecule has 1 heterocycles. The quantitative estimate of drug-likeness (QED) is 0.168. The highest BCUT2D eigenvalue weighted by Crippen LogP contribution is 2.35. The van der Waals surface area contributed by atoms with E-state index in [-0.39, 0.29) is 24.7 Å². The van der Waals surface area contributed by atoms with Crippen LogP contribution in [0.1, 0.15) is 26.3 Å². The van der Waals surface area contributed by atoms with Crippen molar-refractivity contribution in [3.63, 3.8) is 0 Å². The number of amides is 2. The minimum Gasteiger partial charge on any atom is -0.454 e. The van der Waals surface area contributed by atoms with Crippen LogP contribution in [-0.4, -0.2) is 37.3 Å². The lowest BCUT2D eigenvalue weighted by molar-refractivity contribution is -0.120. The van der Waals surface area contributed by atoms with Crippen molar-refractivity contribution in [3.8, 4) is 17.2 Å². The number of hydrazone groups is 1. The van der Waals surface area contributed by atoms with Gasteiger partial charge in [0.15, 0.2) is 17.2 Å². The highest BCUT2D eigenvalue weighted by atomic mass is 79.9. The van der Waals surface area contributed by atoms with Crippen LogP contribution in [0.4, 0.5) is 0 Å². The lowest BCUT2D eigenvalue weighted by Gasteiger charge is -2.11. The molecule has 0 aliphatic carbocycles. The molecular weight excluding hydrogens is 622 g/mol. The number of halogens is 3. The number of nitrogens with zero attached hydrogens (tertiary/aromatic N) is 1. The summed E-state index contributed by atoms with van der Waals surface area (Å²) in [5, 5.41) is 6.90. The number of carbonyl (C=O) groups excluding carboxylic acids is 3. The van der Waals surface area contributed by atoms with Crippen LogP contribution in [0, 0.1) is 0 Å². The summed E-state index contributed by atoms with van der Waals surface area (Å²) in [4.78, 5) is 37.0. The summed E-state index contributed by atoms with van der Waals surface area (Å²) < 4.78 is 17.3. The van der Waals surface area contributed by atoms with Gasteiger partial charge in [-0.15, -0.1) is 0 Å². The minimum atomic E-state index is -0.625. The van der Waals surface area contributed by atoms with E-state index in [4.69, 9.17) is 25.8 Å². The van der Waals surface area contributed by atoms with E-state index in [1.165, 1.54) is 12.3 Å². The average Bonchev–Trinajstić information content (AvgIpc) is 3.33. The van der Waals surface area contributed by atoms with Crippen LogP contribution in [-0.2, 0) is 4.79 Å². The average molecular weight is 638 g/mol. The summed E-state index contributed by atoms with van der Waals surface area (Å²) in [6, 6.07) is 14.3. The number of hydrogen-bond donors (Lipinski definition) is 2. The molecule has 0 saturated carbocycles. The van der Waals surface area contributed by atoms with Crippen LogP contribution in [0.5, 0.6) is 17.2 Å². The zero-order chi connectivity index (χ0) is 25.7. The van der Waals surface area contributed by atoms with Gasteiger partial charge in [-0.3, -0.25) is 9.59 Å². The fourth-order valence-electron chi connectivity index (χ4n) is 3.04. The normalized spacial score (nSPS) is 11.9. The number of benzene rings is 3. The van der Waals surface area contributed by atoms with Crippen molar-refractivity contribution in [1.82, 2.24) is 10.7 Å². The Morgan fingerprint density at radius 1 is 1.00 bits per heavy atom. The van der Waals surface area contributed by atoms with E-state index in [0.29, 0.717) is 36.6 Å². The van der Waals surface area contributed by atoms with Gasteiger partial charge < -0.3 is 19.5 Å². The van der Waals surface area contributed by atoms with E-state index < -0.39 is 17.8 Å². The molecule has 0 radical (unpaired) electrons. The van der Waals surface area contributed by atoms with Crippen LogP contribution in [0.25, 0.3) is 0 Å². The SMILES string of the molecule is O=C(CNC(=O)c1ccc(Cl)cc1)N/N=C\c1cc(Br)cc(Br)c1OC(=O)c1ccc2c(c1)OCO2. The monoisotopic (exact) mass is 635 g/mol. The van der Waals surface area contributed by atoms with E-state index in [1.54, 1.807) is 48.5 Å². The summed E-state index contributed by atoms with van der Waals surface area (Å²) in [7, 11) is 0. The standard InChI is InChI=1S/C24H16Br2ClN3O6/c25-16-7-15(10-29-30-21(31)11-28-23(32)13-1-4-17(27)5-2-13)22(18(26)9-16)36-24(33)14-3-6-19-20(8-14)35-12-34-19/h1-10H,11-12H2,(H,28,32)(H,30,31)/b29-10-. The van der Waals surface area contributed by atoms with Gasteiger partial charge >= 0.3 is 5.97 Å². The minimum absolute atomic E-state index is 0.0865. The van der Waals surface area contributed by atoms with Crippen molar-refractivity contribution in [1.29, 1.82) is 0 Å². The topological polar surface area (TPSA) is 115 Å². The van der Waals surface area contributed by atoms with Crippen LogP contribution < -0.4 is 25.0 Å². The molecule has 2 N–H and O–H groups in total. The van der Waals surface area contributed by atoms with Gasteiger partial charge in [0.2, 0.25) is 6.79 Å². The maximum atomic E-state index is 12.8. The lowest BCUT2D eigenvalue weighted by Crippen LogP contribution is -2.34. The zero-order valence-electron chi connectivity index (χ0n) is 18.2. The molecule has 0 bridgehead atoms. The molecule has 36 heavy (non-hydrogen) atoms. The summed E-state index contributed by atoms with van der Waals surface area (Å²) in [5.74, 6) is -0.424. The Hall–Kier alpha value is -3.41. The maximum absolute atomic E-state index is 12.8. The molecule has 1 aliphatic heterocycles. The molecule has 4 rings (SSSR count). The molecule has 1 aliphatic rings. The first-order chi connectivity index (χ1) is 17.3. The third kappa shape index (κ3) is 6.42. The largest absolute Gasteiger partial charge is 0.454 e. The van der Waals surface area contributed by atoms with Gasteiger partial charge in [0.1, 0.15) is 0 Å². The second kappa shape index (κ2) is 11.5. The van der Waals surface area contributed by atoms with Gasteiger partial charge in [-0.1, -0.05) is 27.5 Å². The van der Waals surface area contributed by atoms with Crippen molar-refractivity contribution < 1.29 is 28.6 Å². The molecule has 0 saturated heterocycles. The Balaban J connectivity index is 1.39. The first kappa shape index (κ1) is 25.7. The van der Waals surface area contributed by atoms with Gasteiger partial charge in [-0.2, -0.15) is 5.10 Å². The third-order valence-electron chi connectivity index (χ3n) is 4.75. The molecule has 0 unspecified atom stereocenters. The summed E-state index contributed by atoms with van der Waals surface area (Å²) in [6.07, 6.45) is 1.32. The molecule has 0 spiro atoms. The second-order valence-corrected chi connectivity index (χ2v) is 9.45. The molecule has 9 nitrogen and oxygen atoms in total. The highest BCUT2D eigenvalue weighted by Gasteiger charge is 2.20. The van der Waals surface area contributed by atoms with Gasteiger partial charge in [0, 0.05) is 20.6 Å².